The van der Waals surface area contributed by atoms with Gasteiger partial charge in [-0.05, 0) is 94.7 Å². The topological polar surface area (TPSA) is 35.1 Å². The first-order valence-corrected chi connectivity index (χ1v) is 14.0. The Morgan fingerprint density at radius 2 is 1.29 bits per heavy atom. The Hall–Kier alpha value is -5.48. The molecule has 0 atom stereocenters. The number of nitrogens with zero attached hydrogens (tertiary/aromatic N) is 4. The van der Waals surface area contributed by atoms with E-state index in [0.29, 0.717) is 0 Å². The molecule has 0 fully saturated rings. The molecule has 0 saturated heterocycles. The molecule has 41 heavy (non-hydrogen) atoms. The average Bonchev–Trinajstić information content (AvgIpc) is 3.69. The molecule has 0 saturated carbocycles. The molecule has 4 aromatic heterocycles. The summed E-state index contributed by atoms with van der Waals surface area (Å²) in [5.74, 6) is 0. The van der Waals surface area contributed by atoms with E-state index < -0.39 is 0 Å². The molecule has 0 unspecified atom stereocenters. The highest BCUT2D eigenvalue weighted by molar-refractivity contribution is 6.16. The van der Waals surface area contributed by atoms with Crippen molar-refractivity contribution in [1.82, 2.24) is 18.9 Å². The summed E-state index contributed by atoms with van der Waals surface area (Å²) < 4.78 is 4.70. The van der Waals surface area contributed by atoms with Gasteiger partial charge in [0.2, 0.25) is 0 Å². The highest BCUT2D eigenvalue weighted by Crippen LogP contribution is 2.45. The zero-order chi connectivity index (χ0) is 26.7. The van der Waals surface area contributed by atoms with Crippen LogP contribution in [0.25, 0.3) is 77.0 Å². The minimum atomic E-state index is 0.916. The number of hydrogen-bond donors (Lipinski definition) is 0. The van der Waals surface area contributed by atoms with Crippen LogP contribution in [0.3, 0.4) is 0 Å². The lowest BCUT2D eigenvalue weighted by molar-refractivity contribution is 1.18. The van der Waals surface area contributed by atoms with Crippen LogP contribution >= 0.6 is 0 Å². The second-order valence-electron chi connectivity index (χ2n) is 11.1. The molecule has 9 aromatic rings. The molecule has 4 heterocycles. The largest absolute Gasteiger partial charge is 0.309 e. The number of imidazole rings is 1. The Labute approximate surface area is 234 Å². The molecule has 0 spiro atoms. The molecule has 190 valence electrons. The number of hydrogen-bond acceptors (Lipinski definition) is 2. The number of benzene rings is 5. The predicted octanol–water partition coefficient (Wildman–Crippen LogP) is 8.86. The molecule has 10 rings (SSSR count). The summed E-state index contributed by atoms with van der Waals surface area (Å²) in [5.41, 5.74) is 13.3. The number of aromatic nitrogens is 4. The van der Waals surface area contributed by atoms with Gasteiger partial charge in [0.05, 0.1) is 27.6 Å². The third kappa shape index (κ3) is 2.74. The Balaban J connectivity index is 1.31. The quantitative estimate of drug-likeness (QED) is 0.202. The fraction of sp³-hybridized carbons (Fsp3) is 0.0270. The third-order valence-corrected chi connectivity index (χ3v) is 8.96. The standard InChI is InChI=1S/C37H22N4/c1-2-8-24(9-3-1)40-33-12-6-4-10-25(33)29-17-22-16-23-18-30-28(19-26(23)27(22)20-36(29)40)31-21-38-15-14-34(31)41-35-13-7-5-11-32(35)39-37(30)41/h1-15,17-21H,16H2. The molecule has 0 radical (unpaired) electrons. The van der Waals surface area contributed by atoms with E-state index in [1.165, 1.54) is 60.5 Å². The van der Waals surface area contributed by atoms with Gasteiger partial charge in [0.1, 0.15) is 5.65 Å². The Bertz CT molecular complexity index is 2550. The van der Waals surface area contributed by atoms with Gasteiger partial charge in [0, 0.05) is 39.6 Å². The minimum Gasteiger partial charge on any atom is -0.309 e. The van der Waals surface area contributed by atoms with Crippen molar-refractivity contribution >= 4 is 60.2 Å². The summed E-state index contributed by atoms with van der Waals surface area (Å²) in [4.78, 5) is 9.67. The lowest BCUT2D eigenvalue weighted by Crippen LogP contribution is -1.94. The first-order chi connectivity index (χ1) is 20.3. The van der Waals surface area contributed by atoms with Gasteiger partial charge in [-0.2, -0.15) is 0 Å². The van der Waals surface area contributed by atoms with E-state index in [1.807, 2.05) is 12.4 Å². The fourth-order valence-electron chi connectivity index (χ4n) is 7.21. The number of fused-ring (bicyclic) bond motifs is 14. The van der Waals surface area contributed by atoms with E-state index >= 15 is 0 Å². The SMILES string of the molecule is c1ccc(-n2c3ccccc3c3cc4c(cc32)-c2cc3c5cnccc5n5c6ccccc6nc5c3cc2C4)cc1. The van der Waals surface area contributed by atoms with E-state index in [0.717, 1.165) is 34.0 Å². The fourth-order valence-corrected chi connectivity index (χ4v) is 7.21. The normalized spacial score (nSPS) is 12.8. The van der Waals surface area contributed by atoms with Crippen molar-refractivity contribution in [2.75, 3.05) is 0 Å². The van der Waals surface area contributed by atoms with Gasteiger partial charge >= 0.3 is 0 Å². The molecule has 1 aliphatic carbocycles. The van der Waals surface area contributed by atoms with Crippen LogP contribution in [0, 0.1) is 0 Å². The van der Waals surface area contributed by atoms with E-state index in [1.54, 1.807) is 0 Å². The van der Waals surface area contributed by atoms with Crippen LogP contribution in [0.5, 0.6) is 0 Å². The van der Waals surface area contributed by atoms with Crippen molar-refractivity contribution in [1.29, 1.82) is 0 Å². The molecular weight excluding hydrogens is 500 g/mol. The van der Waals surface area contributed by atoms with Gasteiger partial charge in [-0.3, -0.25) is 9.38 Å². The molecule has 5 aromatic carbocycles. The summed E-state index contributed by atoms with van der Waals surface area (Å²) in [6, 6.07) is 39.6. The van der Waals surface area contributed by atoms with Crippen LogP contribution < -0.4 is 0 Å². The molecule has 4 nitrogen and oxygen atoms in total. The first-order valence-electron chi connectivity index (χ1n) is 14.0. The van der Waals surface area contributed by atoms with Gasteiger partial charge in [-0.1, -0.05) is 48.5 Å². The van der Waals surface area contributed by atoms with Gasteiger partial charge in [0.15, 0.2) is 0 Å². The van der Waals surface area contributed by atoms with Crippen molar-refractivity contribution < 1.29 is 0 Å². The van der Waals surface area contributed by atoms with Crippen LogP contribution in [0.2, 0.25) is 0 Å². The maximum atomic E-state index is 5.12. The summed E-state index contributed by atoms with van der Waals surface area (Å²) >= 11 is 0. The molecule has 0 N–H and O–H groups in total. The Morgan fingerprint density at radius 3 is 2.20 bits per heavy atom. The minimum absolute atomic E-state index is 0.916. The summed E-state index contributed by atoms with van der Waals surface area (Å²) in [6.07, 6.45) is 4.80. The molecule has 0 bridgehead atoms. The Morgan fingerprint density at radius 1 is 0.537 bits per heavy atom. The molecular formula is C37H22N4. The molecule has 0 amide bonds. The van der Waals surface area contributed by atoms with Crippen LogP contribution in [-0.2, 0) is 6.42 Å². The molecule has 1 aliphatic rings. The zero-order valence-electron chi connectivity index (χ0n) is 22.0. The van der Waals surface area contributed by atoms with Gasteiger partial charge < -0.3 is 4.57 Å². The van der Waals surface area contributed by atoms with Gasteiger partial charge in [-0.25, -0.2) is 4.98 Å². The third-order valence-electron chi connectivity index (χ3n) is 8.96. The smallest absolute Gasteiger partial charge is 0.146 e. The lowest BCUT2D eigenvalue weighted by Gasteiger charge is -2.11. The average molecular weight is 523 g/mol. The van der Waals surface area contributed by atoms with E-state index in [4.69, 9.17) is 4.98 Å². The van der Waals surface area contributed by atoms with Crippen molar-refractivity contribution in [3.05, 3.63) is 133 Å². The van der Waals surface area contributed by atoms with E-state index in [-0.39, 0.29) is 0 Å². The second kappa shape index (κ2) is 7.58. The highest BCUT2D eigenvalue weighted by Gasteiger charge is 2.24. The number of para-hydroxylation sites is 4. The maximum Gasteiger partial charge on any atom is 0.146 e. The lowest BCUT2D eigenvalue weighted by atomic mass is 9.98. The number of rotatable bonds is 1. The Kier molecular flexibility index (Phi) is 3.95. The van der Waals surface area contributed by atoms with Crippen molar-refractivity contribution in [3.63, 3.8) is 0 Å². The second-order valence-corrected chi connectivity index (χ2v) is 11.1. The maximum absolute atomic E-state index is 5.12. The highest BCUT2D eigenvalue weighted by atomic mass is 15.0. The van der Waals surface area contributed by atoms with Gasteiger partial charge in [0.25, 0.3) is 0 Å². The van der Waals surface area contributed by atoms with Crippen LogP contribution in [0.15, 0.2) is 122 Å². The summed E-state index contributed by atoms with van der Waals surface area (Å²) in [6.45, 7) is 0. The van der Waals surface area contributed by atoms with Crippen molar-refractivity contribution in [2.45, 2.75) is 6.42 Å². The first kappa shape index (κ1) is 21.4. The summed E-state index contributed by atoms with van der Waals surface area (Å²) in [7, 11) is 0. The van der Waals surface area contributed by atoms with Crippen LogP contribution in [0.1, 0.15) is 11.1 Å². The summed E-state index contributed by atoms with van der Waals surface area (Å²) in [5, 5.41) is 6.12. The van der Waals surface area contributed by atoms with Crippen molar-refractivity contribution in [2.24, 2.45) is 0 Å². The van der Waals surface area contributed by atoms with Crippen molar-refractivity contribution in [3.8, 4) is 16.8 Å². The molecule has 4 heteroatoms. The van der Waals surface area contributed by atoms with Crippen LogP contribution in [0.4, 0.5) is 0 Å². The number of pyridine rings is 2. The predicted molar refractivity (Wildman–Crippen MR) is 168 cm³/mol. The zero-order valence-corrected chi connectivity index (χ0v) is 22.0. The van der Waals surface area contributed by atoms with E-state index in [9.17, 15) is 0 Å². The van der Waals surface area contributed by atoms with E-state index in [2.05, 4.69) is 123 Å². The monoisotopic (exact) mass is 522 g/mol. The molecule has 0 aliphatic heterocycles. The van der Waals surface area contributed by atoms with Gasteiger partial charge in [-0.15, -0.1) is 0 Å². The van der Waals surface area contributed by atoms with Crippen LogP contribution in [-0.4, -0.2) is 18.9 Å².